The van der Waals surface area contributed by atoms with E-state index in [4.69, 9.17) is 4.74 Å². The van der Waals surface area contributed by atoms with Gasteiger partial charge in [-0.3, -0.25) is 9.69 Å². The van der Waals surface area contributed by atoms with Crippen LogP contribution in [0.5, 0.6) is 0 Å². The van der Waals surface area contributed by atoms with E-state index in [1.54, 1.807) is 13.4 Å². The van der Waals surface area contributed by atoms with Gasteiger partial charge in [0.15, 0.2) is 5.82 Å². The lowest BCUT2D eigenvalue weighted by molar-refractivity contribution is -0.133. The Balaban J connectivity index is 1.62. The van der Waals surface area contributed by atoms with E-state index in [0.29, 0.717) is 19.7 Å². The van der Waals surface area contributed by atoms with Crippen LogP contribution in [0.15, 0.2) is 6.33 Å². The molecular weight excluding hydrogens is 294 g/mol. The summed E-state index contributed by atoms with van der Waals surface area (Å²) < 4.78 is 7.02. The zero-order chi connectivity index (χ0) is 16.1. The molecule has 0 atom stereocenters. The molecule has 2 fully saturated rings. The molecule has 1 saturated carbocycles. The van der Waals surface area contributed by atoms with Crippen molar-refractivity contribution < 1.29 is 9.53 Å². The summed E-state index contributed by atoms with van der Waals surface area (Å²) in [6.45, 7) is 3.84. The van der Waals surface area contributed by atoms with E-state index in [1.807, 2.05) is 4.57 Å². The lowest BCUT2D eigenvalue weighted by Crippen LogP contribution is -2.56. The van der Waals surface area contributed by atoms with Crippen molar-refractivity contribution in [2.75, 3.05) is 26.8 Å². The fourth-order valence-electron chi connectivity index (χ4n) is 3.91. The second-order valence-corrected chi connectivity index (χ2v) is 6.55. The number of nitrogens with one attached hydrogen (secondary N) is 1. The van der Waals surface area contributed by atoms with Crippen molar-refractivity contribution in [3.8, 4) is 0 Å². The summed E-state index contributed by atoms with van der Waals surface area (Å²) in [6, 6.07) is 0. The average molecular weight is 321 g/mol. The minimum Gasteiger partial charge on any atom is -0.383 e. The minimum absolute atomic E-state index is 0.165. The van der Waals surface area contributed by atoms with Crippen molar-refractivity contribution >= 4 is 5.91 Å². The Morgan fingerprint density at radius 3 is 2.74 bits per heavy atom. The first-order valence-electron chi connectivity index (χ1n) is 8.65. The summed E-state index contributed by atoms with van der Waals surface area (Å²) in [6.07, 6.45) is 8.36. The number of hydrogen-bond donors (Lipinski definition) is 1. The van der Waals surface area contributed by atoms with Gasteiger partial charge in [0.2, 0.25) is 5.91 Å². The van der Waals surface area contributed by atoms with Gasteiger partial charge in [-0.1, -0.05) is 12.8 Å². The molecule has 1 aromatic rings. The lowest BCUT2D eigenvalue weighted by Gasteiger charge is -2.37. The third-order valence-electron chi connectivity index (χ3n) is 5.20. The SMILES string of the molecule is COCCn1cnnc1CNC(=O)C1(N2CCCC2)CCCC1. The van der Waals surface area contributed by atoms with Gasteiger partial charge in [-0.05, 0) is 38.8 Å². The van der Waals surface area contributed by atoms with Crippen LogP contribution < -0.4 is 5.32 Å². The lowest BCUT2D eigenvalue weighted by atomic mass is 9.94. The van der Waals surface area contributed by atoms with Gasteiger partial charge in [-0.25, -0.2) is 0 Å². The number of ether oxygens (including phenoxy) is 1. The molecule has 0 radical (unpaired) electrons. The smallest absolute Gasteiger partial charge is 0.240 e. The monoisotopic (exact) mass is 321 g/mol. The van der Waals surface area contributed by atoms with Gasteiger partial charge < -0.3 is 14.6 Å². The number of nitrogens with zero attached hydrogens (tertiary/aromatic N) is 4. The zero-order valence-electron chi connectivity index (χ0n) is 14.0. The molecule has 0 bridgehead atoms. The summed E-state index contributed by atoms with van der Waals surface area (Å²) in [7, 11) is 1.67. The number of amides is 1. The van der Waals surface area contributed by atoms with Crippen LogP contribution in [0.25, 0.3) is 0 Å². The number of aromatic nitrogens is 3. The summed E-state index contributed by atoms with van der Waals surface area (Å²) in [5, 5.41) is 11.2. The van der Waals surface area contributed by atoms with Crippen LogP contribution in [0.3, 0.4) is 0 Å². The van der Waals surface area contributed by atoms with Crippen molar-refractivity contribution in [1.29, 1.82) is 0 Å². The topological polar surface area (TPSA) is 72.3 Å². The molecular formula is C16H27N5O2. The summed E-state index contributed by atoms with van der Waals surface area (Å²) in [5.74, 6) is 0.947. The van der Waals surface area contributed by atoms with Gasteiger partial charge in [-0.15, -0.1) is 10.2 Å². The first kappa shape index (κ1) is 16.4. The Morgan fingerprint density at radius 1 is 1.30 bits per heavy atom. The van der Waals surface area contributed by atoms with Crippen molar-refractivity contribution in [2.45, 2.75) is 57.2 Å². The number of hydrogen-bond acceptors (Lipinski definition) is 5. The molecule has 3 rings (SSSR count). The predicted octanol–water partition coefficient (Wildman–Crippen LogP) is 0.949. The van der Waals surface area contributed by atoms with Gasteiger partial charge in [-0.2, -0.15) is 0 Å². The van der Waals surface area contributed by atoms with E-state index in [0.717, 1.165) is 44.6 Å². The largest absolute Gasteiger partial charge is 0.383 e. The third-order valence-corrected chi connectivity index (χ3v) is 5.20. The Labute approximate surface area is 137 Å². The fourth-order valence-corrected chi connectivity index (χ4v) is 3.91. The van der Waals surface area contributed by atoms with Crippen LogP contribution in [0.2, 0.25) is 0 Å². The second kappa shape index (κ2) is 7.40. The first-order chi connectivity index (χ1) is 11.3. The number of rotatable bonds is 7. The molecule has 1 aliphatic heterocycles. The number of carbonyl (C=O) groups excluding carboxylic acids is 1. The molecule has 1 aromatic heterocycles. The number of methoxy groups -OCH3 is 1. The minimum atomic E-state index is -0.284. The Morgan fingerprint density at radius 2 is 2.04 bits per heavy atom. The van der Waals surface area contributed by atoms with Gasteiger partial charge >= 0.3 is 0 Å². The molecule has 7 nitrogen and oxygen atoms in total. The highest BCUT2D eigenvalue weighted by Gasteiger charge is 2.46. The Hall–Kier alpha value is -1.47. The van der Waals surface area contributed by atoms with Crippen molar-refractivity contribution in [3.05, 3.63) is 12.2 Å². The molecule has 1 aliphatic carbocycles. The van der Waals surface area contributed by atoms with Crippen LogP contribution in [0.4, 0.5) is 0 Å². The highest BCUT2D eigenvalue weighted by atomic mass is 16.5. The summed E-state index contributed by atoms with van der Waals surface area (Å²) >= 11 is 0. The summed E-state index contributed by atoms with van der Waals surface area (Å²) in [5.41, 5.74) is -0.284. The van der Waals surface area contributed by atoms with Crippen molar-refractivity contribution in [1.82, 2.24) is 25.0 Å². The number of carbonyl (C=O) groups is 1. The van der Waals surface area contributed by atoms with E-state index >= 15 is 0 Å². The van der Waals surface area contributed by atoms with Crippen LogP contribution in [0.1, 0.15) is 44.3 Å². The normalized spacial score (nSPS) is 20.9. The molecule has 128 valence electrons. The van der Waals surface area contributed by atoms with Crippen LogP contribution >= 0.6 is 0 Å². The maximum absolute atomic E-state index is 12.9. The zero-order valence-corrected chi connectivity index (χ0v) is 14.0. The fraction of sp³-hybridized carbons (Fsp3) is 0.812. The molecule has 1 saturated heterocycles. The molecule has 2 aliphatic rings. The van der Waals surface area contributed by atoms with Gasteiger partial charge in [0, 0.05) is 13.7 Å². The molecule has 1 N–H and O–H groups in total. The van der Waals surface area contributed by atoms with Gasteiger partial charge in [0.25, 0.3) is 0 Å². The van der Waals surface area contributed by atoms with E-state index in [2.05, 4.69) is 20.4 Å². The molecule has 0 unspecified atom stereocenters. The highest BCUT2D eigenvalue weighted by Crippen LogP contribution is 2.37. The van der Waals surface area contributed by atoms with Crippen LogP contribution in [-0.4, -0.2) is 57.9 Å². The maximum Gasteiger partial charge on any atom is 0.240 e. The maximum atomic E-state index is 12.9. The van der Waals surface area contributed by atoms with E-state index in [1.165, 1.54) is 12.8 Å². The second-order valence-electron chi connectivity index (χ2n) is 6.55. The molecule has 0 aromatic carbocycles. The van der Waals surface area contributed by atoms with Crippen LogP contribution in [-0.2, 0) is 22.6 Å². The van der Waals surface area contributed by atoms with Crippen molar-refractivity contribution in [3.63, 3.8) is 0 Å². The van der Waals surface area contributed by atoms with Gasteiger partial charge in [0.05, 0.1) is 13.2 Å². The van der Waals surface area contributed by atoms with Crippen molar-refractivity contribution in [2.24, 2.45) is 0 Å². The van der Waals surface area contributed by atoms with Crippen LogP contribution in [0, 0.1) is 0 Å². The standard InChI is InChI=1S/C16H27N5O2/c1-23-11-10-20-13-18-19-14(20)12-17-15(22)16(6-2-3-7-16)21-8-4-5-9-21/h13H,2-12H2,1H3,(H,17,22). The average Bonchev–Trinajstić information content (AvgIpc) is 3.32. The molecule has 7 heteroatoms. The Bertz CT molecular complexity index is 518. The number of likely N-dealkylation sites (tertiary alicyclic amines) is 1. The van der Waals surface area contributed by atoms with E-state index in [-0.39, 0.29) is 11.4 Å². The molecule has 0 spiro atoms. The molecule has 23 heavy (non-hydrogen) atoms. The summed E-state index contributed by atoms with van der Waals surface area (Å²) in [4.78, 5) is 15.3. The highest BCUT2D eigenvalue weighted by molar-refractivity contribution is 5.86. The van der Waals surface area contributed by atoms with E-state index in [9.17, 15) is 4.79 Å². The van der Waals surface area contributed by atoms with E-state index < -0.39 is 0 Å². The molecule has 2 heterocycles. The Kier molecular flexibility index (Phi) is 5.27. The quantitative estimate of drug-likeness (QED) is 0.809. The predicted molar refractivity (Wildman–Crippen MR) is 85.8 cm³/mol. The first-order valence-corrected chi connectivity index (χ1v) is 8.65. The molecule has 1 amide bonds. The van der Waals surface area contributed by atoms with Gasteiger partial charge in [0.1, 0.15) is 11.9 Å². The third kappa shape index (κ3) is 3.40.